The van der Waals surface area contributed by atoms with Crippen molar-refractivity contribution in [3.63, 3.8) is 0 Å². The molecular weight excluding hydrogens is 520 g/mol. The molecule has 2 fully saturated rings. The molecule has 0 bridgehead atoms. The SMILES string of the molecule is COc1ccc(OC)c(S(=O)(=O)N2CC(N)C(=O)N3C(Cc4ccc(Cl)cc4)C(=O)N(C(C)C)CC32)c1. The van der Waals surface area contributed by atoms with Gasteiger partial charge in [-0.05, 0) is 43.7 Å². The fraction of sp³-hybridized carbons (Fsp3) is 0.440. The Hall–Kier alpha value is -2.86. The number of fused-ring (bicyclic) bond motifs is 1. The summed E-state index contributed by atoms with van der Waals surface area (Å²) >= 11 is 6.03. The van der Waals surface area contributed by atoms with Gasteiger partial charge < -0.3 is 25.0 Å². The predicted octanol–water partition coefficient (Wildman–Crippen LogP) is 1.71. The number of halogens is 1. The van der Waals surface area contributed by atoms with Gasteiger partial charge in [0.1, 0.15) is 28.6 Å². The van der Waals surface area contributed by atoms with Crippen LogP contribution in [0.25, 0.3) is 0 Å². The molecule has 0 spiro atoms. The number of rotatable bonds is 7. The molecule has 3 atom stereocenters. The van der Waals surface area contributed by atoms with Crippen molar-refractivity contribution < 1.29 is 27.5 Å². The molecule has 2 heterocycles. The number of carbonyl (C=O) groups excluding carboxylic acids is 2. The second-order valence-corrected chi connectivity index (χ2v) is 11.7. The van der Waals surface area contributed by atoms with E-state index in [1.807, 2.05) is 13.8 Å². The van der Waals surface area contributed by atoms with Crippen LogP contribution in [0.3, 0.4) is 0 Å². The van der Waals surface area contributed by atoms with Gasteiger partial charge in [0.05, 0.1) is 26.8 Å². The van der Waals surface area contributed by atoms with Gasteiger partial charge >= 0.3 is 0 Å². The zero-order valence-corrected chi connectivity index (χ0v) is 22.7. The smallest absolute Gasteiger partial charge is 0.248 e. The lowest BCUT2D eigenvalue weighted by atomic mass is 9.96. The van der Waals surface area contributed by atoms with Crippen molar-refractivity contribution in [1.82, 2.24) is 14.1 Å². The molecular formula is C25H31ClN4O6S. The van der Waals surface area contributed by atoms with Crippen LogP contribution in [0.2, 0.25) is 5.02 Å². The summed E-state index contributed by atoms with van der Waals surface area (Å²) in [6, 6.07) is 9.15. The number of carbonyl (C=O) groups is 2. The van der Waals surface area contributed by atoms with Crippen LogP contribution in [-0.2, 0) is 26.0 Å². The van der Waals surface area contributed by atoms with E-state index in [0.717, 1.165) is 5.56 Å². The molecule has 10 nitrogen and oxygen atoms in total. The number of amides is 2. The highest BCUT2D eigenvalue weighted by Gasteiger charge is 2.53. The van der Waals surface area contributed by atoms with E-state index in [9.17, 15) is 18.0 Å². The van der Waals surface area contributed by atoms with Crippen molar-refractivity contribution in [2.45, 2.75) is 49.5 Å². The Morgan fingerprint density at radius 3 is 2.30 bits per heavy atom. The summed E-state index contributed by atoms with van der Waals surface area (Å²) in [6.45, 7) is 3.48. The molecule has 3 unspecified atom stereocenters. The molecule has 2 aliphatic heterocycles. The Kier molecular flexibility index (Phi) is 7.70. The molecule has 2 aliphatic rings. The van der Waals surface area contributed by atoms with E-state index < -0.39 is 34.2 Å². The van der Waals surface area contributed by atoms with Gasteiger partial charge in [-0.1, -0.05) is 23.7 Å². The topological polar surface area (TPSA) is 122 Å². The lowest BCUT2D eigenvalue weighted by Gasteiger charge is -2.53. The third-order valence-corrected chi connectivity index (χ3v) is 8.93. The first-order chi connectivity index (χ1) is 17.5. The zero-order chi connectivity index (χ0) is 27.1. The molecule has 0 aromatic heterocycles. The van der Waals surface area contributed by atoms with Crippen molar-refractivity contribution in [2.75, 3.05) is 27.3 Å². The second-order valence-electron chi connectivity index (χ2n) is 9.35. The largest absolute Gasteiger partial charge is 0.497 e. The summed E-state index contributed by atoms with van der Waals surface area (Å²) in [5.41, 5.74) is 6.98. The van der Waals surface area contributed by atoms with Crippen LogP contribution in [0.5, 0.6) is 11.5 Å². The molecule has 200 valence electrons. The van der Waals surface area contributed by atoms with Crippen LogP contribution in [0.1, 0.15) is 19.4 Å². The van der Waals surface area contributed by atoms with Crippen molar-refractivity contribution in [2.24, 2.45) is 5.73 Å². The first-order valence-corrected chi connectivity index (χ1v) is 13.7. The van der Waals surface area contributed by atoms with Crippen molar-refractivity contribution in [3.8, 4) is 11.5 Å². The Bertz CT molecular complexity index is 1290. The molecule has 2 saturated heterocycles. The van der Waals surface area contributed by atoms with Gasteiger partial charge in [-0.3, -0.25) is 9.59 Å². The van der Waals surface area contributed by atoms with Crippen LogP contribution < -0.4 is 15.2 Å². The predicted molar refractivity (Wildman–Crippen MR) is 138 cm³/mol. The fourth-order valence-electron chi connectivity index (χ4n) is 4.85. The van der Waals surface area contributed by atoms with Crippen LogP contribution >= 0.6 is 11.6 Å². The Labute approximate surface area is 221 Å². The summed E-state index contributed by atoms with van der Waals surface area (Å²) in [5, 5.41) is 0.543. The Balaban J connectivity index is 1.82. The maximum Gasteiger partial charge on any atom is 0.248 e. The number of benzene rings is 2. The van der Waals surface area contributed by atoms with Gasteiger partial charge in [-0.15, -0.1) is 0 Å². The lowest BCUT2D eigenvalue weighted by Crippen LogP contribution is -2.75. The fourth-order valence-corrected chi connectivity index (χ4v) is 6.75. The lowest BCUT2D eigenvalue weighted by molar-refractivity contribution is -0.167. The average molecular weight is 551 g/mol. The standard InChI is InChI=1S/C25H31ClN4O6S/c1-15(2)28-14-23-29(37(33,34)22-12-18(35-3)9-10-21(22)36-4)13-19(27)24(31)30(23)20(25(28)32)11-16-5-7-17(26)8-6-16/h5-10,12,15,19-20,23H,11,13-14,27H2,1-4H3. The van der Waals surface area contributed by atoms with Crippen LogP contribution in [0, 0.1) is 0 Å². The van der Waals surface area contributed by atoms with Crippen LogP contribution in [0.4, 0.5) is 0 Å². The van der Waals surface area contributed by atoms with Gasteiger partial charge in [0, 0.05) is 30.1 Å². The third kappa shape index (κ3) is 5.00. The number of methoxy groups -OCH3 is 2. The first-order valence-electron chi connectivity index (χ1n) is 11.9. The molecule has 4 rings (SSSR count). The number of hydrogen-bond acceptors (Lipinski definition) is 7. The first kappa shape index (κ1) is 27.2. The zero-order valence-electron chi connectivity index (χ0n) is 21.1. The van der Waals surface area contributed by atoms with Gasteiger partial charge in [0.2, 0.25) is 21.8 Å². The number of piperazine rings is 1. The van der Waals surface area contributed by atoms with Crippen molar-refractivity contribution in [1.29, 1.82) is 0 Å². The molecule has 2 aromatic carbocycles. The highest BCUT2D eigenvalue weighted by molar-refractivity contribution is 7.89. The summed E-state index contributed by atoms with van der Waals surface area (Å²) in [7, 11) is -1.42. The molecule has 2 aromatic rings. The van der Waals surface area contributed by atoms with E-state index in [1.165, 1.54) is 35.6 Å². The molecule has 12 heteroatoms. The Morgan fingerprint density at radius 1 is 1.03 bits per heavy atom. The average Bonchev–Trinajstić information content (AvgIpc) is 2.87. The minimum absolute atomic E-state index is 0.0115. The second kappa shape index (κ2) is 10.5. The van der Waals surface area contributed by atoms with Crippen molar-refractivity contribution >= 4 is 33.4 Å². The quantitative estimate of drug-likeness (QED) is 0.556. The molecule has 37 heavy (non-hydrogen) atoms. The minimum atomic E-state index is -4.23. The van der Waals surface area contributed by atoms with E-state index in [2.05, 4.69) is 0 Å². The normalized spacial score (nSPS) is 22.8. The molecule has 2 amide bonds. The van der Waals surface area contributed by atoms with Gasteiger partial charge in [0.25, 0.3) is 0 Å². The van der Waals surface area contributed by atoms with Gasteiger partial charge in [-0.25, -0.2) is 8.42 Å². The molecule has 0 radical (unpaired) electrons. The molecule has 2 N–H and O–H groups in total. The van der Waals surface area contributed by atoms with E-state index in [-0.39, 0.29) is 42.1 Å². The Morgan fingerprint density at radius 2 is 1.70 bits per heavy atom. The van der Waals surface area contributed by atoms with E-state index in [4.69, 9.17) is 26.8 Å². The molecule has 0 aliphatic carbocycles. The monoisotopic (exact) mass is 550 g/mol. The van der Waals surface area contributed by atoms with Crippen LogP contribution in [0.15, 0.2) is 47.4 Å². The summed E-state index contributed by atoms with van der Waals surface area (Å²) in [6.07, 6.45) is -0.768. The van der Waals surface area contributed by atoms with Crippen LogP contribution in [-0.4, -0.2) is 85.9 Å². The summed E-state index contributed by atoms with van der Waals surface area (Å²) in [4.78, 5) is 29.9. The maximum absolute atomic E-state index is 14.1. The highest BCUT2D eigenvalue weighted by atomic mass is 35.5. The number of hydrogen-bond donors (Lipinski definition) is 1. The third-order valence-electron chi connectivity index (χ3n) is 6.79. The number of sulfonamides is 1. The van der Waals surface area contributed by atoms with Crippen molar-refractivity contribution in [3.05, 3.63) is 53.1 Å². The van der Waals surface area contributed by atoms with Gasteiger partial charge in [-0.2, -0.15) is 4.31 Å². The minimum Gasteiger partial charge on any atom is -0.497 e. The number of ether oxygens (including phenoxy) is 2. The number of nitrogens with two attached hydrogens (primary N) is 1. The summed E-state index contributed by atoms with van der Waals surface area (Å²) in [5.74, 6) is -0.273. The maximum atomic E-state index is 14.1. The van der Waals surface area contributed by atoms with E-state index in [1.54, 1.807) is 35.2 Å². The van der Waals surface area contributed by atoms with E-state index in [0.29, 0.717) is 10.8 Å². The molecule has 0 saturated carbocycles. The van der Waals surface area contributed by atoms with Gasteiger partial charge in [0.15, 0.2) is 0 Å². The summed E-state index contributed by atoms with van der Waals surface area (Å²) < 4.78 is 40.0. The highest BCUT2D eigenvalue weighted by Crippen LogP contribution is 2.36. The van der Waals surface area contributed by atoms with E-state index >= 15 is 0 Å². The number of nitrogens with zero attached hydrogens (tertiary/aromatic N) is 3.